The number of H-pyrrole nitrogens is 1. The number of amides is 1. The Hall–Kier alpha value is -2.11. The lowest BCUT2D eigenvalue weighted by Crippen LogP contribution is -2.35. The van der Waals surface area contributed by atoms with Crippen molar-refractivity contribution in [3.8, 4) is 0 Å². The van der Waals surface area contributed by atoms with E-state index >= 15 is 0 Å². The third-order valence-corrected chi connectivity index (χ3v) is 4.43. The van der Waals surface area contributed by atoms with Crippen LogP contribution < -0.4 is 5.32 Å². The lowest BCUT2D eigenvalue weighted by atomic mass is 9.89. The summed E-state index contributed by atoms with van der Waals surface area (Å²) in [6.07, 6.45) is 9.00. The van der Waals surface area contributed by atoms with E-state index in [1.165, 1.54) is 0 Å². The number of imidazole rings is 2. The monoisotopic (exact) mass is 315 g/mol. The molecule has 0 spiro atoms. The van der Waals surface area contributed by atoms with Gasteiger partial charge in [-0.1, -0.05) is 13.8 Å². The van der Waals surface area contributed by atoms with Crippen molar-refractivity contribution in [2.45, 2.75) is 52.0 Å². The summed E-state index contributed by atoms with van der Waals surface area (Å²) in [7, 11) is 0. The van der Waals surface area contributed by atoms with E-state index in [2.05, 4.69) is 34.1 Å². The van der Waals surface area contributed by atoms with Gasteiger partial charge in [-0.05, 0) is 19.3 Å². The van der Waals surface area contributed by atoms with E-state index in [4.69, 9.17) is 0 Å². The minimum atomic E-state index is 0.0659. The molecule has 2 N–H and O–H groups in total. The van der Waals surface area contributed by atoms with Crippen molar-refractivity contribution in [2.24, 2.45) is 5.92 Å². The van der Waals surface area contributed by atoms with Gasteiger partial charge in [0.05, 0.1) is 12.0 Å². The van der Waals surface area contributed by atoms with Crippen molar-refractivity contribution in [3.63, 3.8) is 0 Å². The van der Waals surface area contributed by atoms with E-state index in [0.29, 0.717) is 12.5 Å². The number of aromatic amines is 1. The summed E-state index contributed by atoms with van der Waals surface area (Å²) in [6, 6.07) is 0. The molecule has 23 heavy (non-hydrogen) atoms. The third-order valence-electron chi connectivity index (χ3n) is 4.43. The molecule has 6 heteroatoms. The Morgan fingerprint density at radius 1 is 1.52 bits per heavy atom. The Bertz CT molecular complexity index is 644. The van der Waals surface area contributed by atoms with Crippen LogP contribution in [0.1, 0.15) is 49.8 Å². The minimum Gasteiger partial charge on any atom is -0.356 e. The van der Waals surface area contributed by atoms with Gasteiger partial charge in [0, 0.05) is 49.4 Å². The standard InChI is InChI=1S/C17H25N5O/c1-12(2)16-20-14-5-4-13(10-15(14)21-16)17(23)19-6-3-8-22-9-7-18-11-22/h7,9,11-13H,3-6,8,10H2,1-2H3,(H,19,23)(H,20,21)/t13-/m0/s1. The molecule has 124 valence electrons. The van der Waals surface area contributed by atoms with Crippen molar-refractivity contribution >= 4 is 5.91 Å². The molecule has 0 saturated heterocycles. The molecule has 0 aromatic carbocycles. The van der Waals surface area contributed by atoms with E-state index in [9.17, 15) is 4.79 Å². The molecule has 2 aromatic rings. The van der Waals surface area contributed by atoms with Gasteiger partial charge in [0.2, 0.25) is 5.91 Å². The molecule has 0 fully saturated rings. The number of hydrogen-bond acceptors (Lipinski definition) is 3. The zero-order valence-corrected chi connectivity index (χ0v) is 13.9. The highest BCUT2D eigenvalue weighted by Gasteiger charge is 2.27. The van der Waals surface area contributed by atoms with Crippen LogP contribution in [0.2, 0.25) is 0 Å². The maximum Gasteiger partial charge on any atom is 0.223 e. The van der Waals surface area contributed by atoms with Crippen LogP contribution in [0.3, 0.4) is 0 Å². The summed E-state index contributed by atoms with van der Waals surface area (Å²) in [6.45, 7) is 5.86. The molecule has 0 bridgehead atoms. The molecular formula is C17H25N5O. The number of aryl methyl sites for hydroxylation is 2. The molecule has 3 rings (SSSR count). The molecule has 0 radical (unpaired) electrons. The van der Waals surface area contributed by atoms with E-state index in [1.54, 1.807) is 12.5 Å². The lowest BCUT2D eigenvalue weighted by molar-refractivity contribution is -0.125. The number of fused-ring (bicyclic) bond motifs is 1. The number of hydrogen-bond donors (Lipinski definition) is 2. The van der Waals surface area contributed by atoms with Gasteiger partial charge in [0.15, 0.2) is 0 Å². The highest BCUT2D eigenvalue weighted by Crippen LogP contribution is 2.25. The number of rotatable bonds is 6. The van der Waals surface area contributed by atoms with E-state index in [1.807, 2.05) is 10.8 Å². The van der Waals surface area contributed by atoms with Gasteiger partial charge in [-0.15, -0.1) is 0 Å². The maximum atomic E-state index is 12.3. The van der Waals surface area contributed by atoms with Crippen LogP contribution in [-0.4, -0.2) is 32.0 Å². The highest BCUT2D eigenvalue weighted by atomic mass is 16.1. The van der Waals surface area contributed by atoms with Gasteiger partial charge < -0.3 is 14.9 Å². The van der Waals surface area contributed by atoms with Crippen molar-refractivity contribution in [3.05, 3.63) is 35.9 Å². The molecule has 0 unspecified atom stereocenters. The Morgan fingerprint density at radius 2 is 2.39 bits per heavy atom. The van der Waals surface area contributed by atoms with E-state index in [0.717, 1.165) is 49.4 Å². The zero-order valence-electron chi connectivity index (χ0n) is 13.9. The quantitative estimate of drug-likeness (QED) is 0.801. The second-order valence-corrected chi connectivity index (χ2v) is 6.59. The molecule has 1 amide bonds. The van der Waals surface area contributed by atoms with Gasteiger partial charge in [0.25, 0.3) is 0 Å². The van der Waals surface area contributed by atoms with Crippen molar-refractivity contribution in [1.29, 1.82) is 0 Å². The second kappa shape index (κ2) is 6.98. The van der Waals surface area contributed by atoms with Gasteiger partial charge in [0.1, 0.15) is 5.82 Å². The first-order valence-electron chi connectivity index (χ1n) is 8.44. The number of carbonyl (C=O) groups is 1. The molecule has 2 heterocycles. The summed E-state index contributed by atoms with van der Waals surface area (Å²) in [4.78, 5) is 24.4. The summed E-state index contributed by atoms with van der Waals surface area (Å²) in [5.41, 5.74) is 2.30. The molecule has 2 aromatic heterocycles. The molecule has 0 saturated carbocycles. The van der Waals surface area contributed by atoms with Crippen molar-refractivity contribution < 1.29 is 4.79 Å². The molecule has 1 aliphatic carbocycles. The topological polar surface area (TPSA) is 75.6 Å². The smallest absolute Gasteiger partial charge is 0.223 e. The normalized spacial score (nSPS) is 17.3. The number of carbonyl (C=O) groups excluding carboxylic acids is 1. The first-order valence-corrected chi connectivity index (χ1v) is 8.44. The fourth-order valence-electron chi connectivity index (χ4n) is 3.04. The highest BCUT2D eigenvalue weighted by molar-refractivity contribution is 5.79. The maximum absolute atomic E-state index is 12.3. The average Bonchev–Trinajstić information content (AvgIpc) is 3.19. The number of aromatic nitrogens is 4. The van der Waals surface area contributed by atoms with Crippen LogP contribution in [0.4, 0.5) is 0 Å². The van der Waals surface area contributed by atoms with Crippen LogP contribution in [0.15, 0.2) is 18.7 Å². The van der Waals surface area contributed by atoms with Crippen LogP contribution in [-0.2, 0) is 24.2 Å². The first-order chi connectivity index (χ1) is 11.1. The Kier molecular flexibility index (Phi) is 4.79. The zero-order chi connectivity index (χ0) is 16.2. The Balaban J connectivity index is 1.46. The summed E-state index contributed by atoms with van der Waals surface area (Å²) in [5.74, 6) is 1.67. The van der Waals surface area contributed by atoms with Gasteiger partial charge in [-0.25, -0.2) is 9.97 Å². The summed E-state index contributed by atoms with van der Waals surface area (Å²) in [5, 5.41) is 3.07. The molecule has 6 nitrogen and oxygen atoms in total. The Morgan fingerprint density at radius 3 is 3.13 bits per heavy atom. The number of nitrogens with one attached hydrogen (secondary N) is 2. The second-order valence-electron chi connectivity index (χ2n) is 6.59. The van der Waals surface area contributed by atoms with Crippen molar-refractivity contribution in [2.75, 3.05) is 6.54 Å². The summed E-state index contributed by atoms with van der Waals surface area (Å²) < 4.78 is 2.02. The largest absolute Gasteiger partial charge is 0.356 e. The third kappa shape index (κ3) is 3.81. The Labute approximate surface area is 136 Å². The minimum absolute atomic E-state index is 0.0659. The van der Waals surface area contributed by atoms with Gasteiger partial charge in [-0.2, -0.15) is 0 Å². The fraction of sp³-hybridized carbons (Fsp3) is 0.588. The molecule has 1 atom stereocenters. The molecule has 0 aliphatic heterocycles. The van der Waals surface area contributed by atoms with Crippen LogP contribution in [0, 0.1) is 5.92 Å². The van der Waals surface area contributed by atoms with Crippen molar-refractivity contribution in [1.82, 2.24) is 24.8 Å². The van der Waals surface area contributed by atoms with E-state index in [-0.39, 0.29) is 11.8 Å². The first kappa shape index (κ1) is 15.8. The molecular weight excluding hydrogens is 290 g/mol. The predicted octanol–water partition coefficient (Wildman–Crippen LogP) is 2.04. The SMILES string of the molecule is CC(C)c1nc2c([nH]1)C[C@@H](C(=O)NCCCn1ccnc1)CC2. The lowest BCUT2D eigenvalue weighted by Gasteiger charge is -2.20. The molecule has 1 aliphatic rings. The summed E-state index contributed by atoms with van der Waals surface area (Å²) >= 11 is 0. The van der Waals surface area contributed by atoms with E-state index < -0.39 is 0 Å². The van der Waals surface area contributed by atoms with Gasteiger partial charge in [-0.3, -0.25) is 4.79 Å². The average molecular weight is 315 g/mol. The predicted molar refractivity (Wildman–Crippen MR) is 88.0 cm³/mol. The van der Waals surface area contributed by atoms with Crippen LogP contribution >= 0.6 is 0 Å². The van der Waals surface area contributed by atoms with Crippen LogP contribution in [0.25, 0.3) is 0 Å². The van der Waals surface area contributed by atoms with Crippen LogP contribution in [0.5, 0.6) is 0 Å². The van der Waals surface area contributed by atoms with Gasteiger partial charge >= 0.3 is 0 Å². The fourth-order valence-corrected chi connectivity index (χ4v) is 3.04. The number of nitrogens with zero attached hydrogens (tertiary/aromatic N) is 3.